The zero-order valence-electron chi connectivity index (χ0n) is 15.9. The Morgan fingerprint density at radius 1 is 1.32 bits per heavy atom. The Balaban J connectivity index is 1.73. The summed E-state index contributed by atoms with van der Waals surface area (Å²) in [4.78, 5) is 14.8. The van der Waals surface area contributed by atoms with Gasteiger partial charge in [-0.25, -0.2) is 13.1 Å². The summed E-state index contributed by atoms with van der Waals surface area (Å²) in [6.45, 7) is 4.46. The maximum atomic E-state index is 13.1. The van der Waals surface area contributed by atoms with Gasteiger partial charge in [0.05, 0.1) is 10.8 Å². The van der Waals surface area contributed by atoms with Gasteiger partial charge in [0, 0.05) is 24.7 Å². The van der Waals surface area contributed by atoms with Gasteiger partial charge in [-0.1, -0.05) is 41.9 Å². The number of nitrogens with one attached hydrogen (secondary N) is 1. The molecule has 0 atom stereocenters. The Morgan fingerprint density at radius 2 is 2.00 bits per heavy atom. The molecule has 1 N–H and O–H groups in total. The van der Waals surface area contributed by atoms with Crippen molar-refractivity contribution in [3.8, 4) is 11.3 Å². The number of carbonyl (C=O) groups excluding carboxylic acids is 1. The largest absolute Gasteiger partial charge is 0.360 e. The fraction of sp³-hybridized carbons (Fsp3) is 0.474. The second-order valence-corrected chi connectivity index (χ2v) is 9.23. The SMILES string of the molecule is CCCS(=O)(=O)NC1CCN(C(=O)c2c(-c3ccccc3Cl)noc2C)CC1. The molecule has 3 rings (SSSR count). The molecule has 152 valence electrons. The number of rotatable bonds is 6. The quantitative estimate of drug-likeness (QED) is 0.766. The summed E-state index contributed by atoms with van der Waals surface area (Å²) in [6, 6.07) is 7.03. The van der Waals surface area contributed by atoms with E-state index >= 15 is 0 Å². The summed E-state index contributed by atoms with van der Waals surface area (Å²) in [6.07, 6.45) is 1.71. The summed E-state index contributed by atoms with van der Waals surface area (Å²) in [7, 11) is -3.26. The molecule has 2 aromatic rings. The van der Waals surface area contributed by atoms with Crippen LogP contribution in [-0.2, 0) is 10.0 Å². The van der Waals surface area contributed by atoms with E-state index in [-0.39, 0.29) is 17.7 Å². The Hall–Kier alpha value is -1.90. The number of amides is 1. The predicted octanol–water partition coefficient (Wildman–Crippen LogP) is 3.24. The molecule has 0 unspecified atom stereocenters. The molecule has 9 heteroatoms. The van der Waals surface area contributed by atoms with Crippen molar-refractivity contribution < 1.29 is 17.7 Å². The first-order valence-corrected chi connectivity index (χ1v) is 11.4. The smallest absolute Gasteiger partial charge is 0.259 e. The van der Waals surface area contributed by atoms with Crippen molar-refractivity contribution in [3.63, 3.8) is 0 Å². The highest BCUT2D eigenvalue weighted by Crippen LogP contribution is 2.32. The second kappa shape index (κ2) is 8.63. The lowest BCUT2D eigenvalue weighted by atomic mass is 10.0. The van der Waals surface area contributed by atoms with E-state index in [9.17, 15) is 13.2 Å². The molecule has 1 aromatic heterocycles. The maximum Gasteiger partial charge on any atom is 0.259 e. The number of benzene rings is 1. The van der Waals surface area contributed by atoms with E-state index in [1.165, 1.54) is 0 Å². The molecule has 2 heterocycles. The van der Waals surface area contributed by atoms with Crippen molar-refractivity contribution in [3.05, 3.63) is 40.6 Å². The second-order valence-electron chi connectivity index (χ2n) is 6.95. The standard InChI is InChI=1S/C19H24ClN3O4S/c1-3-12-28(25,26)22-14-8-10-23(11-9-14)19(24)17-13(2)27-21-18(17)15-6-4-5-7-16(15)20/h4-7,14,22H,3,8-12H2,1-2H3. The summed E-state index contributed by atoms with van der Waals surface area (Å²) in [5, 5.41) is 4.54. The molecule has 1 amide bonds. The highest BCUT2D eigenvalue weighted by Gasteiger charge is 2.30. The monoisotopic (exact) mass is 425 g/mol. The van der Waals surface area contributed by atoms with Crippen LogP contribution >= 0.6 is 11.6 Å². The fourth-order valence-corrected chi connectivity index (χ4v) is 5.03. The van der Waals surface area contributed by atoms with Crippen molar-refractivity contribution in [2.24, 2.45) is 0 Å². The van der Waals surface area contributed by atoms with Crippen molar-refractivity contribution in [1.29, 1.82) is 0 Å². The van der Waals surface area contributed by atoms with Crippen LogP contribution in [0.25, 0.3) is 11.3 Å². The predicted molar refractivity (Wildman–Crippen MR) is 108 cm³/mol. The number of likely N-dealkylation sites (tertiary alicyclic amines) is 1. The Labute approximate surface area is 170 Å². The van der Waals surface area contributed by atoms with Gasteiger partial charge in [-0.05, 0) is 32.3 Å². The summed E-state index contributed by atoms with van der Waals surface area (Å²) < 4.78 is 31.9. The third-order valence-electron chi connectivity index (χ3n) is 4.81. The molecule has 1 aliphatic heterocycles. The van der Waals surface area contributed by atoms with E-state index < -0.39 is 10.0 Å². The summed E-state index contributed by atoms with van der Waals surface area (Å²) in [5.41, 5.74) is 1.48. The average Bonchev–Trinajstić information content (AvgIpc) is 3.03. The molecular formula is C19H24ClN3O4S. The van der Waals surface area contributed by atoms with Crippen molar-refractivity contribution in [2.45, 2.75) is 39.2 Å². The molecular weight excluding hydrogens is 402 g/mol. The Kier molecular flexibility index (Phi) is 6.42. The van der Waals surface area contributed by atoms with E-state index in [0.717, 1.165) is 0 Å². The summed E-state index contributed by atoms with van der Waals surface area (Å²) >= 11 is 6.27. The van der Waals surface area contributed by atoms with Crippen molar-refractivity contribution >= 4 is 27.5 Å². The molecule has 0 radical (unpaired) electrons. The molecule has 0 aliphatic carbocycles. The molecule has 0 bridgehead atoms. The Morgan fingerprint density at radius 3 is 2.64 bits per heavy atom. The van der Waals surface area contributed by atoms with Gasteiger partial charge in [0.25, 0.3) is 5.91 Å². The van der Waals surface area contributed by atoms with Crippen LogP contribution in [0.2, 0.25) is 5.02 Å². The summed E-state index contributed by atoms with van der Waals surface area (Å²) in [5.74, 6) is 0.377. The van der Waals surface area contributed by atoms with E-state index in [0.29, 0.717) is 60.0 Å². The van der Waals surface area contributed by atoms with Gasteiger partial charge in [0.15, 0.2) is 0 Å². The van der Waals surface area contributed by atoms with E-state index in [4.69, 9.17) is 16.1 Å². The number of nitrogens with zero attached hydrogens (tertiary/aromatic N) is 2. The normalized spacial score (nSPS) is 15.8. The van der Waals surface area contributed by atoms with Crippen LogP contribution in [-0.4, -0.2) is 49.3 Å². The minimum absolute atomic E-state index is 0.118. The molecule has 1 saturated heterocycles. The lowest BCUT2D eigenvalue weighted by molar-refractivity contribution is 0.0710. The Bertz CT molecular complexity index is 950. The van der Waals surface area contributed by atoms with Crippen LogP contribution in [0.1, 0.15) is 42.3 Å². The molecule has 0 spiro atoms. The number of hydrogen-bond acceptors (Lipinski definition) is 5. The maximum absolute atomic E-state index is 13.1. The van der Waals surface area contributed by atoms with Gasteiger partial charge in [-0.15, -0.1) is 0 Å². The lowest BCUT2D eigenvalue weighted by Crippen LogP contribution is -2.47. The fourth-order valence-electron chi connectivity index (χ4n) is 3.40. The van der Waals surface area contributed by atoms with Crippen LogP contribution in [0.4, 0.5) is 0 Å². The number of halogens is 1. The third-order valence-corrected chi connectivity index (χ3v) is 6.77. The zero-order valence-corrected chi connectivity index (χ0v) is 17.5. The highest BCUT2D eigenvalue weighted by atomic mass is 35.5. The van der Waals surface area contributed by atoms with Crippen LogP contribution in [0.15, 0.2) is 28.8 Å². The average molecular weight is 426 g/mol. The zero-order chi connectivity index (χ0) is 20.3. The first-order valence-electron chi connectivity index (χ1n) is 9.33. The first kappa shape index (κ1) is 20.8. The van der Waals surface area contributed by atoms with Crippen LogP contribution in [0.3, 0.4) is 0 Å². The van der Waals surface area contributed by atoms with Gasteiger partial charge in [0.2, 0.25) is 10.0 Å². The van der Waals surface area contributed by atoms with Crippen molar-refractivity contribution in [2.75, 3.05) is 18.8 Å². The van der Waals surface area contributed by atoms with Gasteiger partial charge >= 0.3 is 0 Å². The van der Waals surface area contributed by atoms with E-state index in [1.807, 2.05) is 19.1 Å². The minimum Gasteiger partial charge on any atom is -0.360 e. The third kappa shape index (κ3) is 4.56. The van der Waals surface area contributed by atoms with Gasteiger partial charge < -0.3 is 9.42 Å². The van der Waals surface area contributed by atoms with Crippen molar-refractivity contribution in [1.82, 2.24) is 14.8 Å². The first-order chi connectivity index (χ1) is 13.3. The molecule has 7 nitrogen and oxygen atoms in total. The number of piperidine rings is 1. The molecule has 28 heavy (non-hydrogen) atoms. The number of aryl methyl sites for hydroxylation is 1. The molecule has 1 aromatic carbocycles. The minimum atomic E-state index is -3.26. The van der Waals surface area contributed by atoms with Crippen LogP contribution in [0, 0.1) is 6.92 Å². The number of aromatic nitrogens is 1. The van der Waals surface area contributed by atoms with Gasteiger partial charge in [-0.3, -0.25) is 4.79 Å². The topological polar surface area (TPSA) is 92.5 Å². The molecule has 1 fully saturated rings. The van der Waals surface area contributed by atoms with E-state index in [2.05, 4.69) is 9.88 Å². The van der Waals surface area contributed by atoms with Crippen LogP contribution in [0.5, 0.6) is 0 Å². The lowest BCUT2D eigenvalue weighted by Gasteiger charge is -2.32. The van der Waals surface area contributed by atoms with E-state index in [1.54, 1.807) is 24.0 Å². The number of carbonyl (C=O) groups is 1. The highest BCUT2D eigenvalue weighted by molar-refractivity contribution is 7.89. The van der Waals surface area contributed by atoms with Gasteiger partial charge in [0.1, 0.15) is 17.0 Å². The van der Waals surface area contributed by atoms with Gasteiger partial charge in [-0.2, -0.15) is 0 Å². The molecule has 0 saturated carbocycles. The molecule has 1 aliphatic rings. The number of hydrogen-bond donors (Lipinski definition) is 1. The van der Waals surface area contributed by atoms with Crippen LogP contribution < -0.4 is 4.72 Å². The number of sulfonamides is 1.